The van der Waals surface area contributed by atoms with Gasteiger partial charge in [-0.1, -0.05) is 13.8 Å². The number of furan rings is 1. The van der Waals surface area contributed by atoms with Gasteiger partial charge in [-0.15, -0.1) is 0 Å². The molecule has 2 unspecified atom stereocenters. The molecule has 1 fully saturated rings. The van der Waals surface area contributed by atoms with E-state index in [4.69, 9.17) is 14.6 Å². The highest BCUT2D eigenvalue weighted by molar-refractivity contribution is 5.98. The number of rotatable bonds is 9. The third kappa shape index (κ3) is 5.92. The van der Waals surface area contributed by atoms with Crippen molar-refractivity contribution in [3.05, 3.63) is 46.5 Å². The van der Waals surface area contributed by atoms with E-state index in [0.29, 0.717) is 19.3 Å². The van der Waals surface area contributed by atoms with Gasteiger partial charge in [-0.05, 0) is 37.3 Å². The van der Waals surface area contributed by atoms with E-state index in [9.17, 15) is 34.2 Å². The Morgan fingerprint density at radius 1 is 1.18 bits per heavy atom. The van der Waals surface area contributed by atoms with E-state index >= 15 is 0 Å². The number of phenols is 2. The van der Waals surface area contributed by atoms with Crippen LogP contribution in [0.25, 0.3) is 22.3 Å². The smallest absolute Gasteiger partial charge is 0.290 e. The molecular formula is C27H30N4O9. The predicted octanol–water partition coefficient (Wildman–Crippen LogP) is 1.20. The molecule has 1 aliphatic rings. The fraction of sp³-hybridized carbons (Fsp3) is 0.370. The number of nitrogens with one attached hydrogen (secondary N) is 2. The van der Waals surface area contributed by atoms with E-state index in [1.807, 2.05) is 13.8 Å². The molecule has 0 bridgehead atoms. The first-order valence-electron chi connectivity index (χ1n) is 12.7. The topological polar surface area (TPSA) is 205 Å². The second-order valence-electron chi connectivity index (χ2n) is 10.0. The van der Waals surface area contributed by atoms with Gasteiger partial charge in [0.05, 0.1) is 6.54 Å². The zero-order valence-corrected chi connectivity index (χ0v) is 21.9. The summed E-state index contributed by atoms with van der Waals surface area (Å²) in [5.74, 6) is -3.19. The van der Waals surface area contributed by atoms with Crippen LogP contribution >= 0.6 is 0 Å². The summed E-state index contributed by atoms with van der Waals surface area (Å²) in [7, 11) is 0. The summed E-state index contributed by atoms with van der Waals surface area (Å²) >= 11 is 0. The Kier molecular flexibility index (Phi) is 8.12. The van der Waals surface area contributed by atoms with Crippen LogP contribution in [0.5, 0.6) is 11.5 Å². The number of hydrogen-bond acceptors (Lipinski definition) is 9. The first-order chi connectivity index (χ1) is 19.0. The molecule has 2 aromatic heterocycles. The predicted molar refractivity (Wildman–Crippen MR) is 141 cm³/mol. The lowest BCUT2D eigenvalue weighted by Crippen LogP contribution is -2.54. The fourth-order valence-electron chi connectivity index (χ4n) is 4.68. The summed E-state index contributed by atoms with van der Waals surface area (Å²) in [6.07, 6.45) is 2.31. The number of benzene rings is 1. The Bertz CT molecular complexity index is 1520. The van der Waals surface area contributed by atoms with Crippen molar-refractivity contribution in [1.82, 2.24) is 15.5 Å². The van der Waals surface area contributed by atoms with Crippen molar-refractivity contribution in [1.29, 1.82) is 0 Å². The second-order valence-corrected chi connectivity index (χ2v) is 10.0. The molecule has 1 aromatic carbocycles. The van der Waals surface area contributed by atoms with Crippen LogP contribution in [-0.4, -0.2) is 63.9 Å². The van der Waals surface area contributed by atoms with E-state index in [0.717, 1.165) is 12.3 Å². The van der Waals surface area contributed by atoms with Gasteiger partial charge < -0.3 is 40.3 Å². The quantitative estimate of drug-likeness (QED) is 0.257. The summed E-state index contributed by atoms with van der Waals surface area (Å²) in [5, 5.41) is 24.7. The molecule has 4 rings (SSSR count). The number of amides is 4. The third-order valence-corrected chi connectivity index (χ3v) is 6.52. The summed E-state index contributed by atoms with van der Waals surface area (Å²) in [5.41, 5.74) is 4.39. The van der Waals surface area contributed by atoms with Crippen LogP contribution in [0, 0.1) is 5.92 Å². The van der Waals surface area contributed by atoms with Gasteiger partial charge in [0.15, 0.2) is 5.76 Å². The van der Waals surface area contributed by atoms with Crippen molar-refractivity contribution >= 4 is 34.6 Å². The monoisotopic (exact) mass is 554 g/mol. The third-order valence-electron chi connectivity index (χ3n) is 6.52. The van der Waals surface area contributed by atoms with Gasteiger partial charge in [0.25, 0.3) is 5.91 Å². The first-order valence-corrected chi connectivity index (χ1v) is 12.7. The maximum atomic E-state index is 13.3. The molecule has 4 amide bonds. The minimum Gasteiger partial charge on any atom is -0.508 e. The number of aromatic hydroxyl groups is 2. The summed E-state index contributed by atoms with van der Waals surface area (Å²) in [6, 6.07) is 3.16. The molecular weight excluding hydrogens is 524 g/mol. The van der Waals surface area contributed by atoms with Crippen LogP contribution in [0.3, 0.4) is 0 Å². The van der Waals surface area contributed by atoms with Gasteiger partial charge >= 0.3 is 0 Å². The lowest BCUT2D eigenvalue weighted by Gasteiger charge is -2.26. The van der Waals surface area contributed by atoms with Gasteiger partial charge in [-0.2, -0.15) is 0 Å². The van der Waals surface area contributed by atoms with Crippen molar-refractivity contribution in [3.8, 4) is 22.8 Å². The SMILES string of the molecule is CC(C)CC(NC(=O)C1CCCN1C(=O)c1ccc(-c2coc3cc(O)cc(O)c3c2=O)o1)C(=O)NCC(N)=O. The molecule has 13 nitrogen and oxygen atoms in total. The van der Waals surface area contributed by atoms with Crippen LogP contribution in [0.15, 0.2) is 44.2 Å². The van der Waals surface area contributed by atoms with Crippen LogP contribution in [0.2, 0.25) is 0 Å². The molecule has 6 N–H and O–H groups in total. The van der Waals surface area contributed by atoms with E-state index in [2.05, 4.69) is 10.6 Å². The van der Waals surface area contributed by atoms with E-state index < -0.39 is 46.9 Å². The lowest BCUT2D eigenvalue weighted by molar-refractivity contribution is -0.132. The van der Waals surface area contributed by atoms with E-state index in [1.54, 1.807) is 0 Å². The molecule has 1 saturated heterocycles. The first kappa shape index (κ1) is 28.2. The molecule has 0 aliphatic carbocycles. The maximum absolute atomic E-state index is 13.3. The highest BCUT2D eigenvalue weighted by Crippen LogP contribution is 2.30. The molecule has 13 heteroatoms. The van der Waals surface area contributed by atoms with Gasteiger partial charge in [-0.25, -0.2) is 0 Å². The maximum Gasteiger partial charge on any atom is 0.290 e. The Hall–Kier alpha value is -4.81. The average Bonchev–Trinajstić information content (AvgIpc) is 3.56. The number of fused-ring (bicyclic) bond motifs is 1. The molecule has 212 valence electrons. The number of nitrogens with zero attached hydrogens (tertiary/aromatic N) is 1. The minimum absolute atomic E-state index is 0.00907. The van der Waals surface area contributed by atoms with Gasteiger partial charge in [0, 0.05) is 18.7 Å². The number of carbonyl (C=O) groups excluding carboxylic acids is 4. The Labute approximate surface area is 227 Å². The number of phenolic OH excluding ortho intramolecular Hbond substituents is 2. The van der Waals surface area contributed by atoms with Crippen molar-refractivity contribution in [2.75, 3.05) is 13.1 Å². The number of hydrogen-bond donors (Lipinski definition) is 5. The molecule has 0 saturated carbocycles. The van der Waals surface area contributed by atoms with E-state index in [-0.39, 0.29) is 52.8 Å². The number of primary amides is 1. The average molecular weight is 555 g/mol. The number of carbonyl (C=O) groups is 4. The standard InChI is InChI=1S/C27H30N4O9/c1-13(2)8-16(25(36)29-11-22(28)34)30-26(37)17-4-3-7-31(17)27(38)20-6-5-19(40-20)15-12-39-21-10-14(32)9-18(33)23(21)24(15)35/h5-6,9-10,12-13,16-17,32-33H,3-4,7-8,11H2,1-2H3,(H2,28,34)(H,29,36)(H,30,37). The zero-order valence-electron chi connectivity index (χ0n) is 21.9. The molecule has 0 spiro atoms. The molecule has 1 aliphatic heterocycles. The Balaban J connectivity index is 1.52. The minimum atomic E-state index is -0.926. The normalized spacial score (nSPS) is 15.8. The molecule has 3 aromatic rings. The summed E-state index contributed by atoms with van der Waals surface area (Å²) in [4.78, 5) is 64.4. The fourth-order valence-corrected chi connectivity index (χ4v) is 4.68. The van der Waals surface area contributed by atoms with Crippen LogP contribution in [-0.2, 0) is 14.4 Å². The largest absolute Gasteiger partial charge is 0.508 e. The van der Waals surface area contributed by atoms with Gasteiger partial charge in [0.2, 0.25) is 23.2 Å². The van der Waals surface area contributed by atoms with Gasteiger partial charge in [0.1, 0.15) is 52.1 Å². The van der Waals surface area contributed by atoms with Crippen molar-refractivity contribution < 1.29 is 38.2 Å². The number of nitrogens with two attached hydrogens (primary N) is 1. The van der Waals surface area contributed by atoms with Crippen LogP contribution in [0.4, 0.5) is 0 Å². The lowest BCUT2D eigenvalue weighted by atomic mass is 10.0. The summed E-state index contributed by atoms with van der Waals surface area (Å²) < 4.78 is 11.1. The Morgan fingerprint density at radius 2 is 1.93 bits per heavy atom. The van der Waals surface area contributed by atoms with Gasteiger partial charge in [-0.3, -0.25) is 24.0 Å². The highest BCUT2D eigenvalue weighted by atomic mass is 16.4. The molecule has 40 heavy (non-hydrogen) atoms. The van der Waals surface area contributed by atoms with Crippen molar-refractivity contribution in [2.45, 2.75) is 45.2 Å². The second kappa shape index (κ2) is 11.5. The van der Waals surface area contributed by atoms with Crippen LogP contribution in [0.1, 0.15) is 43.7 Å². The Morgan fingerprint density at radius 3 is 2.62 bits per heavy atom. The molecule has 2 atom stereocenters. The highest BCUT2D eigenvalue weighted by Gasteiger charge is 2.37. The van der Waals surface area contributed by atoms with Crippen molar-refractivity contribution in [3.63, 3.8) is 0 Å². The summed E-state index contributed by atoms with van der Waals surface area (Å²) in [6.45, 7) is 3.66. The zero-order chi connectivity index (χ0) is 29.1. The van der Waals surface area contributed by atoms with Crippen molar-refractivity contribution in [2.24, 2.45) is 11.7 Å². The molecule has 0 radical (unpaired) electrons. The van der Waals surface area contributed by atoms with E-state index in [1.165, 1.54) is 23.1 Å². The van der Waals surface area contributed by atoms with Crippen LogP contribution < -0.4 is 21.8 Å². The number of likely N-dealkylation sites (tertiary alicyclic amines) is 1. The molecule has 3 heterocycles.